The van der Waals surface area contributed by atoms with Gasteiger partial charge in [-0.1, -0.05) is 13.0 Å². The average molecular weight is 349 g/mol. The summed E-state index contributed by atoms with van der Waals surface area (Å²) < 4.78 is 49.7. The Balaban J connectivity index is 1.79. The number of nitrogens with zero attached hydrogens (tertiary/aromatic N) is 1. The molecule has 21 heavy (non-hydrogen) atoms. The van der Waals surface area contributed by atoms with E-state index in [2.05, 4.69) is 0 Å². The zero-order chi connectivity index (χ0) is 15.3. The Bertz CT molecular complexity index is 709. The fourth-order valence-electron chi connectivity index (χ4n) is 3.46. The molecule has 2 saturated heterocycles. The summed E-state index contributed by atoms with van der Waals surface area (Å²) in [6.45, 7) is 2.29. The molecule has 0 N–H and O–H groups in total. The summed E-state index contributed by atoms with van der Waals surface area (Å²) in [4.78, 5) is 1.07. The van der Waals surface area contributed by atoms with Crippen molar-refractivity contribution in [3.8, 4) is 0 Å². The molecule has 0 saturated carbocycles. The molecule has 2 aliphatic rings. The topological polar surface area (TPSA) is 71.5 Å². The number of hydrogen-bond donors (Lipinski definition) is 0. The highest BCUT2D eigenvalue weighted by Crippen LogP contribution is 2.40. The highest BCUT2D eigenvalue weighted by Gasteiger charge is 2.49. The van der Waals surface area contributed by atoms with Crippen molar-refractivity contribution in [2.75, 3.05) is 23.8 Å². The Morgan fingerprint density at radius 3 is 2.71 bits per heavy atom. The van der Waals surface area contributed by atoms with Gasteiger partial charge in [-0.25, -0.2) is 16.8 Å². The van der Waals surface area contributed by atoms with Crippen LogP contribution < -0.4 is 0 Å². The normalized spacial score (nSPS) is 28.3. The van der Waals surface area contributed by atoms with Gasteiger partial charge in [-0.3, -0.25) is 0 Å². The van der Waals surface area contributed by atoms with E-state index in [9.17, 15) is 16.8 Å². The van der Waals surface area contributed by atoms with Crippen LogP contribution in [0.15, 0.2) is 17.5 Å². The lowest BCUT2D eigenvalue weighted by molar-refractivity contribution is 0.368. The van der Waals surface area contributed by atoms with Crippen LogP contribution in [0.1, 0.15) is 30.7 Å². The monoisotopic (exact) mass is 349 g/mol. The van der Waals surface area contributed by atoms with E-state index in [1.165, 1.54) is 0 Å². The molecule has 2 fully saturated rings. The zero-order valence-electron chi connectivity index (χ0n) is 11.9. The summed E-state index contributed by atoms with van der Waals surface area (Å²) in [6, 6.07) is 3.83. The SMILES string of the molecule is CC1(CS(=O)(=O)N2CCCC2c2cccs2)CS(=O)(=O)C1. The second kappa shape index (κ2) is 5.04. The van der Waals surface area contributed by atoms with Gasteiger partial charge in [0.05, 0.1) is 23.3 Å². The highest BCUT2D eigenvalue weighted by atomic mass is 32.2. The van der Waals surface area contributed by atoms with E-state index in [0.717, 1.165) is 17.7 Å². The maximum absolute atomic E-state index is 12.7. The standard InChI is InChI=1S/C13H19NO4S3/c1-13(8-20(15,16)9-13)10-21(17,18)14-6-2-4-11(14)12-5-3-7-19-12/h3,5,7,11H,2,4,6,8-10H2,1H3. The second-order valence-electron chi connectivity index (χ2n) is 6.38. The van der Waals surface area contributed by atoms with Gasteiger partial charge < -0.3 is 0 Å². The Morgan fingerprint density at radius 1 is 1.43 bits per heavy atom. The van der Waals surface area contributed by atoms with Crippen LogP contribution in [0.5, 0.6) is 0 Å². The van der Waals surface area contributed by atoms with Crippen molar-refractivity contribution >= 4 is 31.2 Å². The molecular weight excluding hydrogens is 330 g/mol. The van der Waals surface area contributed by atoms with Gasteiger partial charge in [0.15, 0.2) is 9.84 Å². The lowest BCUT2D eigenvalue weighted by Crippen LogP contribution is -2.52. The van der Waals surface area contributed by atoms with E-state index in [1.54, 1.807) is 22.6 Å². The van der Waals surface area contributed by atoms with Gasteiger partial charge >= 0.3 is 0 Å². The van der Waals surface area contributed by atoms with Crippen LogP contribution in [0.25, 0.3) is 0 Å². The molecule has 0 aliphatic carbocycles. The predicted octanol–water partition coefficient (Wildman–Crippen LogP) is 1.65. The highest BCUT2D eigenvalue weighted by molar-refractivity contribution is 7.93. The molecule has 0 bridgehead atoms. The number of sulfonamides is 1. The van der Waals surface area contributed by atoms with Gasteiger partial charge in [-0.2, -0.15) is 4.31 Å². The summed E-state index contributed by atoms with van der Waals surface area (Å²) in [5.41, 5.74) is -0.625. The first-order valence-electron chi connectivity index (χ1n) is 6.94. The van der Waals surface area contributed by atoms with E-state index in [4.69, 9.17) is 0 Å². The quantitative estimate of drug-likeness (QED) is 0.829. The smallest absolute Gasteiger partial charge is 0.215 e. The largest absolute Gasteiger partial charge is 0.229 e. The van der Waals surface area contributed by atoms with Crippen LogP contribution in [0.2, 0.25) is 0 Å². The minimum absolute atomic E-state index is 0.0171. The molecule has 1 aromatic rings. The number of sulfone groups is 1. The van der Waals surface area contributed by atoms with Gasteiger partial charge in [-0.05, 0) is 24.3 Å². The summed E-state index contributed by atoms with van der Waals surface area (Å²) in [5.74, 6) is -0.103. The minimum Gasteiger partial charge on any atom is -0.229 e. The molecule has 0 spiro atoms. The molecule has 5 nitrogen and oxygen atoms in total. The summed E-state index contributed by atoms with van der Waals surface area (Å²) >= 11 is 1.58. The van der Waals surface area contributed by atoms with Gasteiger partial charge in [0.2, 0.25) is 10.0 Å². The third-order valence-electron chi connectivity index (χ3n) is 4.10. The van der Waals surface area contributed by atoms with E-state index in [0.29, 0.717) is 6.54 Å². The van der Waals surface area contributed by atoms with Gasteiger partial charge in [-0.15, -0.1) is 11.3 Å². The van der Waals surface area contributed by atoms with Crippen LogP contribution in [0.3, 0.4) is 0 Å². The van der Waals surface area contributed by atoms with Crippen molar-refractivity contribution in [2.45, 2.75) is 25.8 Å². The molecule has 2 aliphatic heterocycles. The molecular formula is C13H19NO4S3. The maximum atomic E-state index is 12.7. The van der Waals surface area contributed by atoms with Gasteiger partial charge in [0, 0.05) is 16.8 Å². The summed E-state index contributed by atoms with van der Waals surface area (Å²) in [7, 11) is -6.45. The van der Waals surface area contributed by atoms with E-state index < -0.39 is 25.3 Å². The third kappa shape index (κ3) is 3.04. The Hall–Kier alpha value is -0.440. The van der Waals surface area contributed by atoms with Crippen LogP contribution in [0, 0.1) is 5.41 Å². The van der Waals surface area contributed by atoms with Crippen molar-refractivity contribution in [3.63, 3.8) is 0 Å². The van der Waals surface area contributed by atoms with Crippen molar-refractivity contribution in [2.24, 2.45) is 5.41 Å². The van der Waals surface area contributed by atoms with E-state index in [-0.39, 0.29) is 23.3 Å². The number of rotatable bonds is 4. The molecule has 0 aromatic carbocycles. The fraction of sp³-hybridized carbons (Fsp3) is 0.692. The Labute approximate surface area is 129 Å². The van der Waals surface area contributed by atoms with Crippen molar-refractivity contribution in [1.29, 1.82) is 0 Å². The molecule has 3 heterocycles. The maximum Gasteiger partial charge on any atom is 0.215 e. The van der Waals surface area contributed by atoms with Crippen LogP contribution in [-0.2, 0) is 19.9 Å². The third-order valence-corrected chi connectivity index (χ3v) is 9.56. The average Bonchev–Trinajstić information content (AvgIpc) is 2.96. The second-order valence-corrected chi connectivity index (χ2v) is 11.3. The lowest BCUT2D eigenvalue weighted by atomic mass is 9.98. The number of thiophene rings is 1. The first-order chi connectivity index (χ1) is 9.71. The first-order valence-corrected chi connectivity index (χ1v) is 11.3. The van der Waals surface area contributed by atoms with Crippen LogP contribution in [0.4, 0.5) is 0 Å². The van der Waals surface area contributed by atoms with Crippen LogP contribution >= 0.6 is 11.3 Å². The van der Waals surface area contributed by atoms with Crippen molar-refractivity contribution in [3.05, 3.63) is 22.4 Å². The zero-order valence-corrected chi connectivity index (χ0v) is 14.3. The molecule has 1 aromatic heterocycles. The summed E-state index contributed by atoms with van der Waals surface area (Å²) in [5, 5.41) is 1.96. The molecule has 118 valence electrons. The lowest BCUT2D eigenvalue weighted by Gasteiger charge is -2.38. The Morgan fingerprint density at radius 2 is 2.14 bits per heavy atom. The first kappa shape index (κ1) is 15.5. The minimum atomic E-state index is -3.43. The molecule has 0 amide bonds. The Kier molecular flexibility index (Phi) is 3.71. The van der Waals surface area contributed by atoms with Crippen LogP contribution in [-0.4, -0.2) is 44.9 Å². The number of hydrogen-bond acceptors (Lipinski definition) is 5. The van der Waals surface area contributed by atoms with E-state index in [1.807, 2.05) is 17.5 Å². The molecule has 8 heteroatoms. The fourth-order valence-corrected chi connectivity index (χ4v) is 9.17. The summed E-state index contributed by atoms with van der Waals surface area (Å²) in [6.07, 6.45) is 1.70. The van der Waals surface area contributed by atoms with Crippen molar-refractivity contribution in [1.82, 2.24) is 4.31 Å². The molecule has 1 unspecified atom stereocenters. The molecule has 1 atom stereocenters. The molecule has 0 radical (unpaired) electrons. The van der Waals surface area contributed by atoms with Crippen molar-refractivity contribution < 1.29 is 16.8 Å². The predicted molar refractivity (Wildman–Crippen MR) is 83.5 cm³/mol. The van der Waals surface area contributed by atoms with Gasteiger partial charge in [0.1, 0.15) is 0 Å². The van der Waals surface area contributed by atoms with Gasteiger partial charge in [0.25, 0.3) is 0 Å². The molecule has 3 rings (SSSR count). The van der Waals surface area contributed by atoms with E-state index >= 15 is 0 Å².